The number of nitrogens with one attached hydrogen (secondary N) is 1. The summed E-state index contributed by atoms with van der Waals surface area (Å²) in [5.74, 6) is 0.900. The smallest absolute Gasteiger partial charge is 0.119 e. The second-order valence-electron chi connectivity index (χ2n) is 5.06. The maximum absolute atomic E-state index is 5.33. The van der Waals surface area contributed by atoms with E-state index in [1.807, 2.05) is 19.3 Å². The molecule has 2 aromatic rings. The molecule has 0 amide bonds. The molecule has 1 N–H and O–H groups in total. The molecule has 1 aromatic carbocycles. The zero-order chi connectivity index (χ0) is 12.6. The van der Waals surface area contributed by atoms with Crippen LogP contribution in [0.15, 0.2) is 30.5 Å². The molecular formula is C15H18N2O. The van der Waals surface area contributed by atoms with Gasteiger partial charge in [-0.25, -0.2) is 0 Å². The summed E-state index contributed by atoms with van der Waals surface area (Å²) in [7, 11) is 3.71. The van der Waals surface area contributed by atoms with E-state index in [2.05, 4.69) is 28.5 Å². The molecule has 1 aliphatic rings. The Kier molecular flexibility index (Phi) is 2.71. The Morgan fingerprint density at radius 2 is 2.17 bits per heavy atom. The third kappa shape index (κ3) is 1.75. The van der Waals surface area contributed by atoms with E-state index in [-0.39, 0.29) is 5.41 Å². The number of nitrogens with zero attached hydrogens (tertiary/aromatic N) is 1. The largest absolute Gasteiger partial charge is 0.497 e. The van der Waals surface area contributed by atoms with Gasteiger partial charge in [-0.15, -0.1) is 0 Å². The maximum Gasteiger partial charge on any atom is 0.119 e. The van der Waals surface area contributed by atoms with Crippen molar-refractivity contribution in [2.24, 2.45) is 0 Å². The molecule has 0 aliphatic heterocycles. The topological polar surface area (TPSA) is 34.2 Å². The van der Waals surface area contributed by atoms with Gasteiger partial charge in [0.15, 0.2) is 0 Å². The molecular weight excluding hydrogens is 224 g/mol. The fourth-order valence-corrected chi connectivity index (χ4v) is 2.68. The van der Waals surface area contributed by atoms with Crippen molar-refractivity contribution < 1.29 is 4.74 Å². The van der Waals surface area contributed by atoms with Crippen molar-refractivity contribution in [1.29, 1.82) is 0 Å². The number of benzene rings is 1. The van der Waals surface area contributed by atoms with Crippen molar-refractivity contribution in [3.05, 3.63) is 36.2 Å². The van der Waals surface area contributed by atoms with Gasteiger partial charge in [0, 0.05) is 23.5 Å². The van der Waals surface area contributed by atoms with Crippen molar-refractivity contribution >= 4 is 10.8 Å². The molecule has 1 heterocycles. The summed E-state index contributed by atoms with van der Waals surface area (Å²) in [5, 5.41) is 5.76. The highest BCUT2D eigenvalue weighted by Crippen LogP contribution is 2.49. The lowest BCUT2D eigenvalue weighted by Gasteiger charge is -2.16. The van der Waals surface area contributed by atoms with E-state index in [0.717, 1.165) is 12.3 Å². The van der Waals surface area contributed by atoms with Crippen LogP contribution < -0.4 is 10.1 Å². The molecule has 0 unspecified atom stereocenters. The van der Waals surface area contributed by atoms with Crippen LogP contribution in [0.3, 0.4) is 0 Å². The van der Waals surface area contributed by atoms with Crippen LogP contribution in [0, 0.1) is 0 Å². The number of rotatable bonds is 4. The fraction of sp³-hybridized carbons (Fsp3) is 0.400. The first kappa shape index (κ1) is 11.5. The number of hydrogen-bond acceptors (Lipinski definition) is 3. The Balaban J connectivity index is 2.16. The van der Waals surface area contributed by atoms with Crippen LogP contribution in [-0.4, -0.2) is 25.7 Å². The number of fused-ring (bicyclic) bond motifs is 1. The number of ether oxygens (including phenoxy) is 1. The van der Waals surface area contributed by atoms with Crippen molar-refractivity contribution in [2.45, 2.75) is 18.3 Å². The van der Waals surface area contributed by atoms with E-state index in [1.165, 1.54) is 29.3 Å². The number of methoxy groups -OCH3 is 1. The Morgan fingerprint density at radius 3 is 2.83 bits per heavy atom. The van der Waals surface area contributed by atoms with Gasteiger partial charge in [0.2, 0.25) is 0 Å². The zero-order valence-corrected chi connectivity index (χ0v) is 10.9. The quantitative estimate of drug-likeness (QED) is 0.894. The van der Waals surface area contributed by atoms with E-state index in [4.69, 9.17) is 4.74 Å². The molecule has 3 nitrogen and oxygen atoms in total. The monoisotopic (exact) mass is 242 g/mol. The Morgan fingerprint density at radius 1 is 1.33 bits per heavy atom. The van der Waals surface area contributed by atoms with Gasteiger partial charge in [-0.05, 0) is 43.5 Å². The first-order valence-electron chi connectivity index (χ1n) is 6.37. The van der Waals surface area contributed by atoms with Crippen LogP contribution in [0.25, 0.3) is 10.8 Å². The predicted molar refractivity (Wildman–Crippen MR) is 73.1 cm³/mol. The third-order valence-corrected chi connectivity index (χ3v) is 3.84. The Bertz CT molecular complexity index is 576. The lowest BCUT2D eigenvalue weighted by molar-refractivity contribution is 0.415. The lowest BCUT2D eigenvalue weighted by Crippen LogP contribution is -2.24. The molecule has 94 valence electrons. The Labute approximate surface area is 107 Å². The van der Waals surface area contributed by atoms with E-state index in [1.54, 1.807) is 7.11 Å². The van der Waals surface area contributed by atoms with E-state index >= 15 is 0 Å². The first-order valence-corrected chi connectivity index (χ1v) is 6.37. The molecule has 18 heavy (non-hydrogen) atoms. The minimum absolute atomic E-state index is 0.237. The lowest BCUT2D eigenvalue weighted by atomic mass is 9.96. The number of pyridine rings is 1. The van der Waals surface area contributed by atoms with E-state index < -0.39 is 0 Å². The SMILES string of the molecule is CNCC1(c2nccc3ccc(OC)cc23)CC1. The van der Waals surface area contributed by atoms with Crippen molar-refractivity contribution in [2.75, 3.05) is 20.7 Å². The summed E-state index contributed by atoms with van der Waals surface area (Å²) in [6, 6.07) is 8.28. The highest BCUT2D eigenvalue weighted by atomic mass is 16.5. The van der Waals surface area contributed by atoms with Crippen molar-refractivity contribution in [3.63, 3.8) is 0 Å². The molecule has 1 aromatic heterocycles. The molecule has 3 heteroatoms. The first-order chi connectivity index (χ1) is 8.79. The second kappa shape index (κ2) is 4.25. The number of aromatic nitrogens is 1. The van der Waals surface area contributed by atoms with Crippen LogP contribution in [0.5, 0.6) is 5.75 Å². The normalized spacial score (nSPS) is 16.8. The highest BCUT2D eigenvalue weighted by Gasteiger charge is 2.45. The molecule has 0 bridgehead atoms. The minimum Gasteiger partial charge on any atom is -0.497 e. The van der Waals surface area contributed by atoms with Crippen LogP contribution in [-0.2, 0) is 5.41 Å². The van der Waals surface area contributed by atoms with Crippen molar-refractivity contribution in [3.8, 4) is 5.75 Å². The molecule has 0 saturated heterocycles. The molecule has 0 radical (unpaired) electrons. The van der Waals surface area contributed by atoms with Gasteiger partial charge in [0.05, 0.1) is 12.8 Å². The average molecular weight is 242 g/mol. The van der Waals surface area contributed by atoms with Gasteiger partial charge >= 0.3 is 0 Å². The summed E-state index contributed by atoms with van der Waals surface area (Å²) < 4.78 is 5.33. The van der Waals surface area contributed by atoms with Gasteiger partial charge < -0.3 is 10.1 Å². The second-order valence-corrected chi connectivity index (χ2v) is 5.06. The molecule has 3 rings (SSSR count). The number of likely N-dealkylation sites (N-methyl/N-ethyl adjacent to an activating group) is 1. The summed E-state index contributed by atoms with van der Waals surface area (Å²) in [6.45, 7) is 0.996. The van der Waals surface area contributed by atoms with Gasteiger partial charge in [-0.3, -0.25) is 4.98 Å². The molecule has 0 atom stereocenters. The summed E-state index contributed by atoms with van der Waals surface area (Å²) in [5.41, 5.74) is 1.45. The summed E-state index contributed by atoms with van der Waals surface area (Å²) >= 11 is 0. The van der Waals surface area contributed by atoms with Crippen LogP contribution in [0.1, 0.15) is 18.5 Å². The van der Waals surface area contributed by atoms with Crippen molar-refractivity contribution in [1.82, 2.24) is 10.3 Å². The average Bonchev–Trinajstić information content (AvgIpc) is 3.18. The van der Waals surface area contributed by atoms with Gasteiger partial charge in [-0.2, -0.15) is 0 Å². The Hall–Kier alpha value is -1.61. The zero-order valence-electron chi connectivity index (χ0n) is 10.9. The summed E-state index contributed by atoms with van der Waals surface area (Å²) in [4.78, 5) is 4.64. The molecule has 1 saturated carbocycles. The number of hydrogen-bond donors (Lipinski definition) is 1. The van der Waals surface area contributed by atoms with E-state index in [9.17, 15) is 0 Å². The summed E-state index contributed by atoms with van der Waals surface area (Å²) in [6.07, 6.45) is 4.36. The van der Waals surface area contributed by atoms with Crippen LogP contribution in [0.2, 0.25) is 0 Å². The van der Waals surface area contributed by atoms with Gasteiger partial charge in [0.1, 0.15) is 5.75 Å². The van der Waals surface area contributed by atoms with Crippen LogP contribution >= 0.6 is 0 Å². The maximum atomic E-state index is 5.33. The van der Waals surface area contributed by atoms with E-state index in [0.29, 0.717) is 0 Å². The standard InChI is InChI=1S/C15H18N2O/c1-16-10-15(6-7-15)14-13-9-12(18-2)4-3-11(13)5-8-17-14/h3-5,8-9,16H,6-7,10H2,1-2H3. The molecule has 1 fully saturated rings. The van der Waals surface area contributed by atoms with Gasteiger partial charge in [-0.1, -0.05) is 6.07 Å². The van der Waals surface area contributed by atoms with Crippen LogP contribution in [0.4, 0.5) is 0 Å². The predicted octanol–water partition coefficient (Wildman–Crippen LogP) is 2.49. The third-order valence-electron chi connectivity index (χ3n) is 3.84. The fourth-order valence-electron chi connectivity index (χ4n) is 2.68. The minimum atomic E-state index is 0.237. The highest BCUT2D eigenvalue weighted by molar-refractivity contribution is 5.87. The van der Waals surface area contributed by atoms with Gasteiger partial charge in [0.25, 0.3) is 0 Å². The molecule has 0 spiro atoms. The molecule has 1 aliphatic carbocycles.